The maximum atomic E-state index is 10.4. The van der Waals surface area contributed by atoms with E-state index in [-0.39, 0.29) is 5.91 Å². The van der Waals surface area contributed by atoms with Crippen molar-refractivity contribution >= 4 is 5.91 Å². The number of hydrogen-bond acceptors (Lipinski definition) is 2. The molecule has 0 aliphatic carbocycles. The number of nitrogens with one attached hydrogen (secondary N) is 1. The van der Waals surface area contributed by atoms with E-state index >= 15 is 0 Å². The van der Waals surface area contributed by atoms with Gasteiger partial charge in [-0.1, -0.05) is 13.3 Å². The van der Waals surface area contributed by atoms with Gasteiger partial charge in [0.15, 0.2) is 0 Å². The Morgan fingerprint density at radius 1 is 1.78 bits per heavy atom. The Hall–Kier alpha value is -0.570. The molecule has 0 aliphatic rings. The summed E-state index contributed by atoms with van der Waals surface area (Å²) < 4.78 is 0. The minimum absolute atomic E-state index is 0.191. The average molecular weight is 129 g/mol. The van der Waals surface area contributed by atoms with Crippen LogP contribution in [0.5, 0.6) is 0 Å². The molecule has 3 heteroatoms. The van der Waals surface area contributed by atoms with Crippen molar-refractivity contribution in [3.05, 3.63) is 6.54 Å². The molecule has 0 fully saturated rings. The first kappa shape index (κ1) is 8.43. The first-order chi connectivity index (χ1) is 4.31. The van der Waals surface area contributed by atoms with Crippen LogP contribution in [0.2, 0.25) is 0 Å². The molecule has 0 rings (SSSR count). The van der Waals surface area contributed by atoms with E-state index in [1.807, 2.05) is 0 Å². The van der Waals surface area contributed by atoms with Crippen molar-refractivity contribution in [1.29, 1.82) is 0 Å². The zero-order valence-electron chi connectivity index (χ0n) is 5.68. The normalized spacial score (nSPS) is 9.11. The molecule has 0 atom stereocenters. The largest absolute Gasteiger partial charge is 0.355 e. The molecule has 3 N–H and O–H groups in total. The van der Waals surface area contributed by atoms with Crippen LogP contribution in [0.25, 0.3) is 0 Å². The molecule has 0 aromatic carbocycles. The first-order valence-corrected chi connectivity index (χ1v) is 3.14. The molecule has 1 amide bonds. The predicted octanol–water partition coefficient (Wildman–Crippen LogP) is 0.0232. The molecule has 0 saturated heterocycles. The maximum absolute atomic E-state index is 10.4. The van der Waals surface area contributed by atoms with Crippen LogP contribution in [0, 0.1) is 6.54 Å². The second-order valence-electron chi connectivity index (χ2n) is 1.81. The lowest BCUT2D eigenvalue weighted by molar-refractivity contribution is -0.117. The van der Waals surface area contributed by atoms with Gasteiger partial charge in [-0.05, 0) is 6.42 Å². The van der Waals surface area contributed by atoms with Crippen LogP contribution in [-0.2, 0) is 4.79 Å². The molecule has 0 heterocycles. The molecule has 9 heavy (non-hydrogen) atoms. The number of unbranched alkanes of at least 4 members (excludes halogenated alkanes) is 1. The summed E-state index contributed by atoms with van der Waals surface area (Å²) in [7, 11) is 0. The molecule has 3 nitrogen and oxygen atoms in total. The molecular weight excluding hydrogens is 116 g/mol. The van der Waals surface area contributed by atoms with Gasteiger partial charge in [-0.2, -0.15) is 0 Å². The highest BCUT2D eigenvalue weighted by atomic mass is 16.1. The van der Waals surface area contributed by atoms with E-state index in [1.165, 1.54) is 0 Å². The molecular formula is C6H13N2O. The zero-order chi connectivity index (χ0) is 7.11. The second kappa shape index (κ2) is 5.56. The van der Waals surface area contributed by atoms with Gasteiger partial charge in [0.2, 0.25) is 5.91 Å². The minimum atomic E-state index is -0.191. The lowest BCUT2D eigenvalue weighted by Gasteiger charge is -1.98. The van der Waals surface area contributed by atoms with Crippen molar-refractivity contribution in [2.24, 2.45) is 5.73 Å². The van der Waals surface area contributed by atoms with E-state index in [4.69, 9.17) is 5.73 Å². The Morgan fingerprint density at radius 2 is 2.44 bits per heavy atom. The van der Waals surface area contributed by atoms with Gasteiger partial charge in [-0.15, -0.1) is 0 Å². The van der Waals surface area contributed by atoms with Gasteiger partial charge >= 0.3 is 0 Å². The molecule has 0 aromatic heterocycles. The first-order valence-electron chi connectivity index (χ1n) is 3.14. The fourth-order valence-corrected chi connectivity index (χ4v) is 0.447. The summed E-state index contributed by atoms with van der Waals surface area (Å²) in [5.74, 6) is -0.191. The highest BCUT2D eigenvalue weighted by Crippen LogP contribution is 1.81. The lowest BCUT2D eigenvalue weighted by Crippen LogP contribution is -2.26. The fourth-order valence-electron chi connectivity index (χ4n) is 0.447. The van der Waals surface area contributed by atoms with Crippen LogP contribution in [0.3, 0.4) is 0 Å². The number of rotatable bonds is 4. The van der Waals surface area contributed by atoms with Gasteiger partial charge in [0.05, 0.1) is 0 Å². The third kappa shape index (κ3) is 5.30. The summed E-state index contributed by atoms with van der Waals surface area (Å²) in [5.41, 5.74) is 4.92. The fraction of sp³-hybridized carbons (Fsp3) is 0.667. The Bertz CT molecular complexity index is 83.1. The van der Waals surface area contributed by atoms with Crippen molar-refractivity contribution in [2.45, 2.75) is 19.8 Å². The standard InChI is InChI=1S/C6H13N2O/c1-2-3-4-8-6(9)5-7/h5H,2-4,7H2,1H3,(H,8,9). The summed E-state index contributed by atoms with van der Waals surface area (Å²) >= 11 is 0. The van der Waals surface area contributed by atoms with Crippen LogP contribution in [0.4, 0.5) is 0 Å². The van der Waals surface area contributed by atoms with E-state index in [2.05, 4.69) is 12.2 Å². The quantitative estimate of drug-likeness (QED) is 0.526. The topological polar surface area (TPSA) is 55.1 Å². The predicted molar refractivity (Wildman–Crippen MR) is 36.4 cm³/mol. The Kier molecular flexibility index (Phi) is 5.21. The Labute approximate surface area is 55.6 Å². The molecule has 0 bridgehead atoms. The van der Waals surface area contributed by atoms with Gasteiger partial charge in [-0.25, -0.2) is 0 Å². The third-order valence-electron chi connectivity index (χ3n) is 0.981. The van der Waals surface area contributed by atoms with Crippen molar-refractivity contribution in [3.63, 3.8) is 0 Å². The van der Waals surface area contributed by atoms with Crippen molar-refractivity contribution in [1.82, 2.24) is 5.32 Å². The number of amides is 1. The molecule has 0 aliphatic heterocycles. The summed E-state index contributed by atoms with van der Waals surface area (Å²) in [4.78, 5) is 10.4. The summed E-state index contributed by atoms with van der Waals surface area (Å²) in [6, 6.07) is 0. The number of carbonyl (C=O) groups is 1. The highest BCUT2D eigenvalue weighted by molar-refractivity contribution is 5.83. The van der Waals surface area contributed by atoms with Crippen LogP contribution < -0.4 is 11.1 Å². The Balaban J connectivity index is 2.97. The maximum Gasteiger partial charge on any atom is 0.239 e. The Morgan fingerprint density at radius 3 is 2.89 bits per heavy atom. The second-order valence-corrected chi connectivity index (χ2v) is 1.81. The molecule has 0 spiro atoms. The lowest BCUT2D eigenvalue weighted by atomic mass is 10.3. The molecule has 53 valence electrons. The minimum Gasteiger partial charge on any atom is -0.355 e. The summed E-state index contributed by atoms with van der Waals surface area (Å²) in [6.07, 6.45) is 2.10. The van der Waals surface area contributed by atoms with Crippen molar-refractivity contribution in [2.75, 3.05) is 6.54 Å². The van der Waals surface area contributed by atoms with Gasteiger partial charge in [0.1, 0.15) is 6.54 Å². The van der Waals surface area contributed by atoms with Gasteiger partial charge in [0, 0.05) is 6.54 Å². The monoisotopic (exact) mass is 129 g/mol. The van der Waals surface area contributed by atoms with Gasteiger partial charge in [0.25, 0.3) is 0 Å². The van der Waals surface area contributed by atoms with Gasteiger partial charge < -0.3 is 11.1 Å². The smallest absolute Gasteiger partial charge is 0.239 e. The third-order valence-corrected chi connectivity index (χ3v) is 0.981. The van der Waals surface area contributed by atoms with Crippen LogP contribution in [-0.4, -0.2) is 12.5 Å². The number of carbonyl (C=O) groups excluding carboxylic acids is 1. The molecule has 1 radical (unpaired) electrons. The molecule has 0 unspecified atom stereocenters. The van der Waals surface area contributed by atoms with E-state index in [0.717, 1.165) is 25.9 Å². The van der Waals surface area contributed by atoms with E-state index in [9.17, 15) is 4.79 Å². The summed E-state index contributed by atoms with van der Waals surface area (Å²) in [5, 5.41) is 2.61. The van der Waals surface area contributed by atoms with Crippen molar-refractivity contribution in [3.8, 4) is 0 Å². The van der Waals surface area contributed by atoms with Crippen LogP contribution in [0.1, 0.15) is 19.8 Å². The van der Waals surface area contributed by atoms with Crippen molar-refractivity contribution < 1.29 is 4.79 Å². The van der Waals surface area contributed by atoms with E-state index in [1.54, 1.807) is 0 Å². The summed E-state index contributed by atoms with van der Waals surface area (Å²) in [6.45, 7) is 3.83. The average Bonchev–Trinajstić information content (AvgIpc) is 1.89. The zero-order valence-corrected chi connectivity index (χ0v) is 5.68. The number of hydrogen-bond donors (Lipinski definition) is 2. The molecule has 0 saturated carbocycles. The molecule has 0 aromatic rings. The van der Waals surface area contributed by atoms with Crippen LogP contribution >= 0.6 is 0 Å². The van der Waals surface area contributed by atoms with Crippen LogP contribution in [0.15, 0.2) is 0 Å². The SMILES string of the molecule is CCCCNC(=O)[CH]N. The number of nitrogens with two attached hydrogens (primary N) is 1. The van der Waals surface area contributed by atoms with E-state index < -0.39 is 0 Å². The van der Waals surface area contributed by atoms with Gasteiger partial charge in [-0.3, -0.25) is 4.79 Å². The van der Waals surface area contributed by atoms with E-state index in [0.29, 0.717) is 0 Å². The highest BCUT2D eigenvalue weighted by Gasteiger charge is 1.93.